The molecule has 1 amide bonds. The Hall–Kier alpha value is -5.39. The van der Waals surface area contributed by atoms with Gasteiger partial charge in [0.25, 0.3) is 5.91 Å². The number of halogens is 1. The van der Waals surface area contributed by atoms with Crippen LogP contribution in [0.1, 0.15) is 29.4 Å². The van der Waals surface area contributed by atoms with E-state index in [0.29, 0.717) is 33.7 Å². The Balaban J connectivity index is 1.24. The zero-order valence-corrected chi connectivity index (χ0v) is 22.0. The first-order valence-corrected chi connectivity index (χ1v) is 12.6. The highest BCUT2D eigenvalue weighted by atomic mass is 19.1. The van der Waals surface area contributed by atoms with Crippen LogP contribution in [0.2, 0.25) is 0 Å². The number of fused-ring (bicyclic) bond motifs is 1. The molecular weight excluding hydrogens is 531 g/mol. The first-order valence-electron chi connectivity index (χ1n) is 12.6. The number of nitrogens with zero attached hydrogens (tertiary/aromatic N) is 5. The van der Waals surface area contributed by atoms with Crippen molar-refractivity contribution in [3.8, 4) is 34.4 Å². The molecule has 12 heteroatoms. The van der Waals surface area contributed by atoms with Crippen LogP contribution in [0, 0.1) is 5.82 Å². The predicted molar refractivity (Wildman–Crippen MR) is 147 cm³/mol. The Bertz CT molecular complexity index is 1820. The third-order valence-corrected chi connectivity index (χ3v) is 6.52. The first-order chi connectivity index (χ1) is 19.9. The highest BCUT2D eigenvalue weighted by Crippen LogP contribution is 2.36. The summed E-state index contributed by atoms with van der Waals surface area (Å²) in [5.41, 5.74) is 0.758. The van der Waals surface area contributed by atoms with Crippen molar-refractivity contribution in [3.63, 3.8) is 0 Å². The molecule has 0 aliphatic heterocycles. The Morgan fingerprint density at radius 2 is 1.68 bits per heavy atom. The van der Waals surface area contributed by atoms with E-state index in [9.17, 15) is 14.0 Å². The number of anilines is 1. The van der Waals surface area contributed by atoms with Crippen molar-refractivity contribution < 1.29 is 23.4 Å². The number of aromatic nitrogens is 5. The molecule has 3 heterocycles. The second-order valence-electron chi connectivity index (χ2n) is 9.28. The van der Waals surface area contributed by atoms with Gasteiger partial charge < -0.3 is 19.5 Å². The van der Waals surface area contributed by atoms with Gasteiger partial charge in [0.2, 0.25) is 5.43 Å². The van der Waals surface area contributed by atoms with E-state index >= 15 is 0 Å². The summed E-state index contributed by atoms with van der Waals surface area (Å²) in [4.78, 5) is 39.1. The molecule has 1 saturated carbocycles. The van der Waals surface area contributed by atoms with E-state index in [1.807, 2.05) is 0 Å². The van der Waals surface area contributed by atoms with E-state index < -0.39 is 17.2 Å². The molecule has 5 aromatic rings. The van der Waals surface area contributed by atoms with Gasteiger partial charge in [0, 0.05) is 29.4 Å². The number of pyridine rings is 1. The van der Waals surface area contributed by atoms with Crippen LogP contribution >= 0.6 is 0 Å². The van der Waals surface area contributed by atoms with Crippen LogP contribution in [0.5, 0.6) is 23.3 Å². The minimum atomic E-state index is -0.716. The molecule has 6 rings (SSSR count). The number of carbonyl (C=O) groups excluding carboxylic acids is 1. The monoisotopic (exact) mass is 554 g/mol. The largest absolute Gasteiger partial charge is 0.493 e. The molecule has 0 atom stereocenters. The maximum absolute atomic E-state index is 13.5. The van der Waals surface area contributed by atoms with E-state index in [1.54, 1.807) is 42.4 Å². The van der Waals surface area contributed by atoms with E-state index in [4.69, 9.17) is 14.2 Å². The van der Waals surface area contributed by atoms with Crippen LogP contribution in [0.25, 0.3) is 22.0 Å². The average Bonchev–Trinajstić information content (AvgIpc) is 3.84. The lowest BCUT2D eigenvalue weighted by atomic mass is 10.1. The number of ether oxygens (including phenoxy) is 3. The second kappa shape index (κ2) is 10.6. The predicted octanol–water partition coefficient (Wildman–Crippen LogP) is 4.78. The van der Waals surface area contributed by atoms with Gasteiger partial charge in [-0.1, -0.05) is 12.1 Å². The Morgan fingerprint density at radius 3 is 2.37 bits per heavy atom. The topological polar surface area (TPSA) is 130 Å². The number of nitrogens with one attached hydrogen (secondary N) is 1. The number of amides is 1. The molecule has 1 fully saturated rings. The van der Waals surface area contributed by atoms with Gasteiger partial charge >= 0.3 is 6.01 Å². The molecule has 0 saturated heterocycles. The normalized spacial score (nSPS) is 12.7. The third-order valence-electron chi connectivity index (χ3n) is 6.52. The molecule has 3 aromatic heterocycles. The number of benzene rings is 2. The molecule has 0 radical (unpaired) electrons. The summed E-state index contributed by atoms with van der Waals surface area (Å²) in [5.74, 6) is 0.340. The summed E-state index contributed by atoms with van der Waals surface area (Å²) in [6.45, 7) is 0. The van der Waals surface area contributed by atoms with Crippen LogP contribution < -0.4 is 25.0 Å². The van der Waals surface area contributed by atoms with Gasteiger partial charge in [0.15, 0.2) is 17.2 Å². The van der Waals surface area contributed by atoms with Crippen molar-refractivity contribution >= 4 is 22.5 Å². The van der Waals surface area contributed by atoms with Crippen LogP contribution in [0.3, 0.4) is 0 Å². The molecule has 0 spiro atoms. The third kappa shape index (κ3) is 5.26. The summed E-state index contributed by atoms with van der Waals surface area (Å²) in [5, 5.41) is 7.57. The van der Waals surface area contributed by atoms with Crippen LogP contribution in [0.4, 0.5) is 10.1 Å². The Kier molecular flexibility index (Phi) is 6.71. The minimum absolute atomic E-state index is 0.0257. The molecular formula is C29H23FN6O5. The number of rotatable bonds is 8. The lowest BCUT2D eigenvalue weighted by molar-refractivity contribution is 0.101. The molecule has 206 valence electrons. The van der Waals surface area contributed by atoms with E-state index in [2.05, 4.69) is 25.4 Å². The van der Waals surface area contributed by atoms with Gasteiger partial charge in [0.05, 0.1) is 43.9 Å². The highest BCUT2D eigenvalue weighted by molar-refractivity contribution is 6.03. The van der Waals surface area contributed by atoms with Gasteiger partial charge in [-0.25, -0.2) is 14.4 Å². The van der Waals surface area contributed by atoms with Gasteiger partial charge in [-0.05, 0) is 42.7 Å². The van der Waals surface area contributed by atoms with Gasteiger partial charge in [-0.3, -0.25) is 19.3 Å². The molecule has 41 heavy (non-hydrogen) atoms. The standard InChI is InChI=1S/C29H23FN6O5/c1-39-24-11-20-22(12-25(24)40-2)31-10-9-23(20)41-29-32-13-18(14-33-29)34-28(38)26-27(37)21(15-36(35-26)19-7-8-19)16-3-5-17(30)6-4-16/h3-6,9-15,19H,7-8H2,1-2H3,(H,34,38). The molecule has 11 nitrogen and oxygen atoms in total. The first kappa shape index (κ1) is 25.9. The highest BCUT2D eigenvalue weighted by Gasteiger charge is 2.27. The van der Waals surface area contributed by atoms with Crippen LogP contribution in [-0.4, -0.2) is 44.9 Å². The van der Waals surface area contributed by atoms with Gasteiger partial charge in [0.1, 0.15) is 11.6 Å². The van der Waals surface area contributed by atoms with Crippen molar-refractivity contribution in [1.29, 1.82) is 0 Å². The van der Waals surface area contributed by atoms with E-state index in [1.165, 1.54) is 43.8 Å². The Morgan fingerprint density at radius 1 is 0.976 bits per heavy atom. The maximum atomic E-state index is 13.5. The molecule has 0 unspecified atom stereocenters. The van der Waals surface area contributed by atoms with Gasteiger partial charge in [-0.2, -0.15) is 5.10 Å². The fourth-order valence-electron chi connectivity index (χ4n) is 4.28. The molecule has 0 bridgehead atoms. The SMILES string of the molecule is COc1cc2nccc(Oc3ncc(NC(=O)c4nn(C5CC5)cc(-c5ccc(F)cc5)c4=O)cn3)c2cc1OC. The van der Waals surface area contributed by atoms with Crippen LogP contribution in [0.15, 0.2) is 72.0 Å². The summed E-state index contributed by atoms with van der Waals surface area (Å²) >= 11 is 0. The lowest BCUT2D eigenvalue weighted by Crippen LogP contribution is -2.27. The second-order valence-corrected chi connectivity index (χ2v) is 9.28. The smallest absolute Gasteiger partial charge is 0.322 e. The summed E-state index contributed by atoms with van der Waals surface area (Å²) in [6, 6.07) is 10.8. The summed E-state index contributed by atoms with van der Waals surface area (Å²) < 4.78 is 31.7. The number of hydrogen-bond acceptors (Lipinski definition) is 9. The summed E-state index contributed by atoms with van der Waals surface area (Å²) in [7, 11) is 3.08. The fourth-order valence-corrected chi connectivity index (χ4v) is 4.28. The van der Waals surface area contributed by atoms with E-state index in [-0.39, 0.29) is 29.0 Å². The summed E-state index contributed by atoms with van der Waals surface area (Å²) in [6.07, 6.45) is 7.69. The molecule has 2 aromatic carbocycles. The number of carbonyl (C=O) groups is 1. The maximum Gasteiger partial charge on any atom is 0.322 e. The number of methoxy groups -OCH3 is 2. The van der Waals surface area contributed by atoms with Crippen molar-refractivity contribution in [2.24, 2.45) is 0 Å². The molecule has 1 aliphatic rings. The average molecular weight is 555 g/mol. The van der Waals surface area contributed by atoms with Crippen molar-refractivity contribution in [3.05, 3.63) is 89.0 Å². The zero-order valence-electron chi connectivity index (χ0n) is 22.0. The van der Waals surface area contributed by atoms with Crippen molar-refractivity contribution in [2.45, 2.75) is 18.9 Å². The molecule has 1 aliphatic carbocycles. The van der Waals surface area contributed by atoms with Gasteiger partial charge in [-0.15, -0.1) is 0 Å². The van der Waals surface area contributed by atoms with Crippen molar-refractivity contribution in [2.75, 3.05) is 19.5 Å². The zero-order chi connectivity index (χ0) is 28.5. The minimum Gasteiger partial charge on any atom is -0.493 e. The lowest BCUT2D eigenvalue weighted by Gasteiger charge is -2.12. The van der Waals surface area contributed by atoms with Crippen LogP contribution in [-0.2, 0) is 0 Å². The van der Waals surface area contributed by atoms with E-state index in [0.717, 1.165) is 12.8 Å². The number of hydrogen-bond donors (Lipinski definition) is 1. The fraction of sp³-hybridized carbons (Fsp3) is 0.172. The quantitative estimate of drug-likeness (QED) is 0.288. The molecule has 1 N–H and O–H groups in total. The Labute approximate surface area is 232 Å². The van der Waals surface area contributed by atoms with Crippen molar-refractivity contribution in [1.82, 2.24) is 24.7 Å².